The maximum atomic E-state index is 14.4. The van der Waals surface area contributed by atoms with Gasteiger partial charge in [-0.05, 0) is 59.7 Å². The molecule has 0 spiro atoms. The van der Waals surface area contributed by atoms with Crippen LogP contribution >= 0.6 is 11.7 Å². The quantitative estimate of drug-likeness (QED) is 0.287. The Hall–Kier alpha value is -4.11. The van der Waals surface area contributed by atoms with Crippen LogP contribution < -0.4 is 9.47 Å². The van der Waals surface area contributed by atoms with Crippen LogP contribution in [0.4, 0.5) is 4.39 Å². The standard InChI is InChI=1S/C25H19FN2O5S/c1-32-17-7-4-15(5-8-17)24(29)18(11-14-3-10-22(33-2)19(26)12-14)23(25(30)31)16-6-9-20-21(13-16)28-34-27-20/h3-10,12-13H,11H2,1-2H3,(H,30,31). The molecule has 1 heterocycles. The number of carboxylic acids is 1. The zero-order valence-electron chi connectivity index (χ0n) is 18.2. The third-order valence-corrected chi connectivity index (χ3v) is 5.84. The van der Waals surface area contributed by atoms with Gasteiger partial charge in [-0.15, -0.1) is 0 Å². The molecule has 4 aromatic rings. The summed E-state index contributed by atoms with van der Waals surface area (Å²) in [5, 5.41) is 10.2. The van der Waals surface area contributed by atoms with E-state index in [0.29, 0.717) is 27.9 Å². The molecule has 0 aliphatic heterocycles. The van der Waals surface area contributed by atoms with Crippen molar-refractivity contribution in [2.24, 2.45) is 0 Å². The van der Waals surface area contributed by atoms with Crippen molar-refractivity contribution in [3.63, 3.8) is 0 Å². The average Bonchev–Trinajstić information content (AvgIpc) is 3.31. The van der Waals surface area contributed by atoms with Gasteiger partial charge in [-0.2, -0.15) is 8.75 Å². The largest absolute Gasteiger partial charge is 0.497 e. The van der Waals surface area contributed by atoms with E-state index < -0.39 is 17.6 Å². The average molecular weight is 479 g/mol. The van der Waals surface area contributed by atoms with Crippen molar-refractivity contribution in [2.75, 3.05) is 14.2 Å². The molecule has 4 rings (SSSR count). The number of hydrogen-bond donors (Lipinski definition) is 1. The molecule has 172 valence electrons. The van der Waals surface area contributed by atoms with Gasteiger partial charge in [0.15, 0.2) is 17.3 Å². The van der Waals surface area contributed by atoms with Crippen LogP contribution in [-0.4, -0.2) is 39.8 Å². The molecule has 0 atom stereocenters. The first-order valence-electron chi connectivity index (χ1n) is 10.1. The van der Waals surface area contributed by atoms with Crippen molar-refractivity contribution in [1.29, 1.82) is 0 Å². The lowest BCUT2D eigenvalue weighted by Gasteiger charge is -2.14. The Bertz CT molecular complexity index is 1410. The molecule has 0 amide bonds. The second-order valence-electron chi connectivity index (χ2n) is 7.33. The minimum absolute atomic E-state index is 0.00442. The van der Waals surface area contributed by atoms with E-state index in [1.54, 1.807) is 48.5 Å². The summed E-state index contributed by atoms with van der Waals surface area (Å²) in [5.41, 5.74) is 1.97. The number of fused-ring (bicyclic) bond motifs is 1. The van der Waals surface area contributed by atoms with Gasteiger partial charge in [0.1, 0.15) is 16.8 Å². The van der Waals surface area contributed by atoms with E-state index in [1.165, 1.54) is 26.4 Å². The Morgan fingerprint density at radius 1 is 0.912 bits per heavy atom. The van der Waals surface area contributed by atoms with Gasteiger partial charge < -0.3 is 14.6 Å². The van der Waals surface area contributed by atoms with E-state index in [1.807, 2.05) is 0 Å². The molecule has 7 nitrogen and oxygen atoms in total. The number of halogens is 1. The highest BCUT2D eigenvalue weighted by Crippen LogP contribution is 2.29. The molecule has 0 aliphatic rings. The number of benzene rings is 3. The monoisotopic (exact) mass is 478 g/mol. The molecule has 34 heavy (non-hydrogen) atoms. The molecular weight excluding hydrogens is 459 g/mol. The fourth-order valence-electron chi connectivity index (χ4n) is 3.59. The van der Waals surface area contributed by atoms with Crippen molar-refractivity contribution in [2.45, 2.75) is 6.42 Å². The third kappa shape index (κ3) is 4.65. The number of aliphatic carboxylic acids is 1. The normalized spacial score (nSPS) is 11.7. The summed E-state index contributed by atoms with van der Waals surface area (Å²) in [5.74, 6) is -1.78. The lowest BCUT2D eigenvalue weighted by Crippen LogP contribution is -2.14. The number of ketones is 1. The van der Waals surface area contributed by atoms with Crippen LogP contribution in [-0.2, 0) is 11.2 Å². The number of carboxylic acid groups (broad SMARTS) is 1. The number of methoxy groups -OCH3 is 2. The summed E-state index contributed by atoms with van der Waals surface area (Å²) in [4.78, 5) is 26.0. The first-order chi connectivity index (χ1) is 16.4. The van der Waals surface area contributed by atoms with E-state index in [9.17, 15) is 19.1 Å². The second-order valence-corrected chi connectivity index (χ2v) is 7.86. The van der Waals surface area contributed by atoms with Gasteiger partial charge in [-0.25, -0.2) is 9.18 Å². The predicted molar refractivity (Wildman–Crippen MR) is 126 cm³/mol. The third-order valence-electron chi connectivity index (χ3n) is 5.28. The molecule has 0 aliphatic carbocycles. The number of allylic oxidation sites excluding steroid dienone is 1. The molecule has 0 saturated carbocycles. The number of rotatable bonds is 8. The maximum absolute atomic E-state index is 14.4. The van der Waals surface area contributed by atoms with Crippen LogP contribution in [0.15, 0.2) is 66.2 Å². The Balaban J connectivity index is 1.89. The summed E-state index contributed by atoms with van der Waals surface area (Å²) in [6, 6.07) is 15.4. The Labute approximate surface area is 198 Å². The van der Waals surface area contributed by atoms with Gasteiger partial charge >= 0.3 is 5.97 Å². The fourth-order valence-corrected chi connectivity index (χ4v) is 4.10. The van der Waals surface area contributed by atoms with Gasteiger partial charge in [0.05, 0.1) is 31.5 Å². The zero-order valence-corrected chi connectivity index (χ0v) is 19.1. The fraction of sp³-hybridized carbons (Fsp3) is 0.120. The number of carbonyl (C=O) groups is 2. The van der Waals surface area contributed by atoms with Crippen LogP contribution in [0.3, 0.4) is 0 Å². The van der Waals surface area contributed by atoms with E-state index in [0.717, 1.165) is 11.7 Å². The number of aromatic nitrogens is 2. The Morgan fingerprint density at radius 2 is 1.62 bits per heavy atom. The van der Waals surface area contributed by atoms with E-state index in [-0.39, 0.29) is 28.9 Å². The highest BCUT2D eigenvalue weighted by molar-refractivity contribution is 7.00. The minimum Gasteiger partial charge on any atom is -0.497 e. The predicted octanol–water partition coefficient (Wildman–Crippen LogP) is 4.81. The Morgan fingerprint density at radius 3 is 2.26 bits per heavy atom. The van der Waals surface area contributed by atoms with Crippen molar-refractivity contribution < 1.29 is 28.6 Å². The van der Waals surface area contributed by atoms with E-state index in [4.69, 9.17) is 9.47 Å². The molecular formula is C25H19FN2O5S. The van der Waals surface area contributed by atoms with E-state index >= 15 is 0 Å². The maximum Gasteiger partial charge on any atom is 0.336 e. The van der Waals surface area contributed by atoms with E-state index in [2.05, 4.69) is 8.75 Å². The molecule has 0 fully saturated rings. The van der Waals surface area contributed by atoms with Crippen molar-refractivity contribution in [3.05, 3.63) is 88.7 Å². The SMILES string of the molecule is COc1ccc(C(=O)C(Cc2ccc(OC)c(F)c2)=C(C(=O)O)c2ccc3nsnc3c2)cc1. The second kappa shape index (κ2) is 9.80. The summed E-state index contributed by atoms with van der Waals surface area (Å²) < 4.78 is 32.8. The summed E-state index contributed by atoms with van der Waals surface area (Å²) >= 11 is 1.01. The molecule has 9 heteroatoms. The summed E-state index contributed by atoms with van der Waals surface area (Å²) in [6.07, 6.45) is -0.110. The van der Waals surface area contributed by atoms with Crippen molar-refractivity contribution in [1.82, 2.24) is 8.75 Å². The number of carbonyl (C=O) groups excluding carboxylic acids is 1. The lowest BCUT2D eigenvalue weighted by molar-refractivity contribution is -0.130. The highest BCUT2D eigenvalue weighted by atomic mass is 32.1. The highest BCUT2D eigenvalue weighted by Gasteiger charge is 2.25. The van der Waals surface area contributed by atoms with Crippen LogP contribution in [0.1, 0.15) is 21.5 Å². The number of Topliss-reactive ketones (excluding diaryl/α,β-unsaturated/α-hetero) is 1. The van der Waals surface area contributed by atoms with Gasteiger partial charge in [0.2, 0.25) is 0 Å². The molecule has 0 unspecified atom stereocenters. The Kier molecular flexibility index (Phi) is 6.65. The molecule has 1 N–H and O–H groups in total. The first kappa shape index (κ1) is 23.1. The summed E-state index contributed by atoms with van der Waals surface area (Å²) in [6.45, 7) is 0. The van der Waals surface area contributed by atoms with Crippen LogP contribution in [0.5, 0.6) is 11.5 Å². The van der Waals surface area contributed by atoms with Gasteiger partial charge in [-0.1, -0.05) is 12.1 Å². The molecule has 0 saturated heterocycles. The number of ether oxygens (including phenoxy) is 2. The van der Waals surface area contributed by atoms with Gasteiger partial charge in [-0.3, -0.25) is 4.79 Å². The van der Waals surface area contributed by atoms with Gasteiger partial charge in [0.25, 0.3) is 0 Å². The van der Waals surface area contributed by atoms with Gasteiger partial charge in [0, 0.05) is 17.6 Å². The van der Waals surface area contributed by atoms with Crippen LogP contribution in [0, 0.1) is 5.82 Å². The van der Waals surface area contributed by atoms with Crippen LogP contribution in [0.2, 0.25) is 0 Å². The van der Waals surface area contributed by atoms with Crippen LogP contribution in [0.25, 0.3) is 16.6 Å². The molecule has 0 bridgehead atoms. The molecule has 3 aromatic carbocycles. The topological polar surface area (TPSA) is 98.6 Å². The first-order valence-corrected chi connectivity index (χ1v) is 10.8. The van der Waals surface area contributed by atoms with Crippen molar-refractivity contribution >= 4 is 40.1 Å². The zero-order chi connectivity index (χ0) is 24.2. The summed E-state index contributed by atoms with van der Waals surface area (Å²) in [7, 11) is 2.86. The molecule has 0 radical (unpaired) electrons. The van der Waals surface area contributed by atoms with Crippen molar-refractivity contribution in [3.8, 4) is 11.5 Å². The molecule has 1 aromatic heterocycles. The lowest BCUT2D eigenvalue weighted by atomic mass is 9.89. The number of hydrogen-bond acceptors (Lipinski definition) is 7. The minimum atomic E-state index is -1.28. The number of nitrogens with zero attached hydrogens (tertiary/aromatic N) is 2. The smallest absolute Gasteiger partial charge is 0.336 e.